The number of carboxylic acid groups (broad SMARTS) is 1. The Morgan fingerprint density at radius 3 is 2.78 bits per heavy atom. The number of fused-ring (bicyclic) bond motifs is 2. The van der Waals surface area contributed by atoms with Crippen LogP contribution in [0.2, 0.25) is 0 Å². The molecule has 146 valence electrons. The third-order valence-electron chi connectivity index (χ3n) is 6.18. The van der Waals surface area contributed by atoms with Crippen molar-refractivity contribution in [1.29, 1.82) is 0 Å². The first-order valence-corrected chi connectivity index (χ1v) is 9.59. The van der Waals surface area contributed by atoms with Gasteiger partial charge in [-0.3, -0.25) is 4.79 Å². The molecule has 1 aliphatic heterocycles. The highest BCUT2D eigenvalue weighted by molar-refractivity contribution is 5.95. The molecule has 3 atom stereocenters. The molecule has 1 aromatic rings. The molecule has 2 aliphatic carbocycles. The monoisotopic (exact) mass is 375 g/mol. The van der Waals surface area contributed by atoms with Gasteiger partial charge in [0.15, 0.2) is 18.1 Å². The Labute approximate surface area is 158 Å². The SMILES string of the molecule is CCOc1cc(C(=O)NC2C3CCOC3C23CCC3)ccc1OCC(=O)O. The molecule has 7 nitrogen and oxygen atoms in total. The number of hydrogen-bond donors (Lipinski definition) is 2. The minimum absolute atomic E-state index is 0.129. The average molecular weight is 375 g/mol. The van der Waals surface area contributed by atoms with Crippen molar-refractivity contribution in [3.8, 4) is 11.5 Å². The van der Waals surface area contributed by atoms with Crippen LogP contribution in [0.4, 0.5) is 0 Å². The molecule has 1 saturated heterocycles. The summed E-state index contributed by atoms with van der Waals surface area (Å²) in [6.45, 7) is 2.54. The van der Waals surface area contributed by atoms with Crippen molar-refractivity contribution in [2.45, 2.75) is 44.8 Å². The second kappa shape index (κ2) is 7.03. The molecule has 2 saturated carbocycles. The van der Waals surface area contributed by atoms with Crippen molar-refractivity contribution in [3.63, 3.8) is 0 Å². The molecule has 0 aromatic heterocycles. The largest absolute Gasteiger partial charge is 0.490 e. The Kier molecular flexibility index (Phi) is 4.72. The summed E-state index contributed by atoms with van der Waals surface area (Å²) in [6, 6.07) is 5.02. The van der Waals surface area contributed by atoms with Crippen LogP contribution in [0.5, 0.6) is 11.5 Å². The van der Waals surface area contributed by atoms with E-state index < -0.39 is 12.6 Å². The second-order valence-corrected chi connectivity index (χ2v) is 7.56. The fourth-order valence-electron chi connectivity index (χ4n) is 4.86. The summed E-state index contributed by atoms with van der Waals surface area (Å²) < 4.78 is 16.7. The lowest BCUT2D eigenvalue weighted by atomic mass is 9.46. The lowest BCUT2D eigenvalue weighted by Gasteiger charge is -2.63. The maximum atomic E-state index is 12.9. The van der Waals surface area contributed by atoms with Gasteiger partial charge in [-0.05, 0) is 44.4 Å². The third-order valence-corrected chi connectivity index (χ3v) is 6.18. The van der Waals surface area contributed by atoms with E-state index >= 15 is 0 Å². The molecule has 1 amide bonds. The number of ether oxygens (including phenoxy) is 3. The first-order valence-electron chi connectivity index (χ1n) is 9.59. The Morgan fingerprint density at radius 2 is 2.11 bits per heavy atom. The van der Waals surface area contributed by atoms with E-state index in [0.717, 1.165) is 25.9 Å². The number of benzene rings is 1. The summed E-state index contributed by atoms with van der Waals surface area (Å²) in [7, 11) is 0. The van der Waals surface area contributed by atoms with Crippen molar-refractivity contribution in [3.05, 3.63) is 23.8 Å². The number of carbonyl (C=O) groups is 2. The van der Waals surface area contributed by atoms with Crippen LogP contribution in [0.15, 0.2) is 18.2 Å². The number of nitrogens with one attached hydrogen (secondary N) is 1. The Hall–Kier alpha value is -2.28. The number of aliphatic carboxylic acids is 1. The van der Waals surface area contributed by atoms with Crippen molar-refractivity contribution >= 4 is 11.9 Å². The van der Waals surface area contributed by atoms with Gasteiger partial charge >= 0.3 is 5.97 Å². The normalized spacial score (nSPS) is 27.2. The highest BCUT2D eigenvalue weighted by atomic mass is 16.5. The second-order valence-electron chi connectivity index (χ2n) is 7.56. The zero-order valence-corrected chi connectivity index (χ0v) is 15.4. The van der Waals surface area contributed by atoms with Gasteiger partial charge in [0.2, 0.25) is 0 Å². The predicted octanol–water partition coefficient (Wildman–Crippen LogP) is 2.24. The van der Waals surface area contributed by atoms with Gasteiger partial charge in [-0.25, -0.2) is 4.79 Å². The van der Waals surface area contributed by atoms with Crippen LogP contribution in [-0.4, -0.2) is 48.9 Å². The standard InChI is InChI=1S/C20H25NO6/c1-2-25-15-10-12(4-5-14(15)27-11-16(22)23)19(24)21-17-13-6-9-26-18(13)20(17)7-3-8-20/h4-5,10,13,17-18H,2-3,6-9,11H2,1H3,(H,21,24)(H,22,23). The molecule has 27 heavy (non-hydrogen) atoms. The molecule has 0 bridgehead atoms. The van der Waals surface area contributed by atoms with Crippen LogP contribution >= 0.6 is 0 Å². The van der Waals surface area contributed by atoms with E-state index in [1.54, 1.807) is 18.2 Å². The van der Waals surface area contributed by atoms with Gasteiger partial charge < -0.3 is 24.6 Å². The smallest absolute Gasteiger partial charge is 0.341 e. The number of hydrogen-bond acceptors (Lipinski definition) is 5. The van der Waals surface area contributed by atoms with E-state index in [2.05, 4.69) is 5.32 Å². The van der Waals surface area contributed by atoms with E-state index in [1.807, 2.05) is 6.92 Å². The van der Waals surface area contributed by atoms with Gasteiger partial charge in [-0.1, -0.05) is 6.42 Å². The first-order chi connectivity index (χ1) is 13.0. The molecule has 2 N–H and O–H groups in total. The summed E-state index contributed by atoms with van der Waals surface area (Å²) in [5.74, 6) is -0.0934. The fraction of sp³-hybridized carbons (Fsp3) is 0.600. The molecule has 0 radical (unpaired) electrons. The lowest BCUT2D eigenvalue weighted by Crippen LogP contribution is -2.71. The quantitative estimate of drug-likeness (QED) is 0.759. The van der Waals surface area contributed by atoms with Crippen LogP contribution in [0.3, 0.4) is 0 Å². The molecule has 3 fully saturated rings. The van der Waals surface area contributed by atoms with Gasteiger partial charge in [0.25, 0.3) is 5.91 Å². The van der Waals surface area contributed by atoms with Crippen molar-refractivity contribution in [2.75, 3.05) is 19.8 Å². The minimum Gasteiger partial charge on any atom is -0.490 e. The summed E-state index contributed by atoms with van der Waals surface area (Å²) in [5.41, 5.74) is 0.613. The van der Waals surface area contributed by atoms with Crippen molar-refractivity contribution < 1.29 is 28.9 Å². The molecule has 7 heteroatoms. The molecule has 1 spiro atoms. The number of carbonyl (C=O) groups excluding carboxylic acids is 1. The number of amides is 1. The lowest BCUT2D eigenvalue weighted by molar-refractivity contribution is -0.172. The van der Waals surface area contributed by atoms with Gasteiger partial charge in [0, 0.05) is 29.5 Å². The van der Waals surface area contributed by atoms with E-state index in [9.17, 15) is 9.59 Å². The van der Waals surface area contributed by atoms with Gasteiger partial charge in [0.05, 0.1) is 12.7 Å². The highest BCUT2D eigenvalue weighted by Crippen LogP contribution is 2.62. The highest BCUT2D eigenvalue weighted by Gasteiger charge is 2.66. The van der Waals surface area contributed by atoms with Crippen LogP contribution < -0.4 is 14.8 Å². The van der Waals surface area contributed by atoms with Crippen LogP contribution in [-0.2, 0) is 9.53 Å². The van der Waals surface area contributed by atoms with Gasteiger partial charge in [-0.2, -0.15) is 0 Å². The maximum Gasteiger partial charge on any atom is 0.341 e. The van der Waals surface area contributed by atoms with E-state index in [4.69, 9.17) is 19.3 Å². The zero-order chi connectivity index (χ0) is 19.0. The summed E-state index contributed by atoms with van der Waals surface area (Å²) in [6.07, 6.45) is 4.74. The molecule has 1 heterocycles. The van der Waals surface area contributed by atoms with Crippen LogP contribution in [0.1, 0.15) is 43.0 Å². The predicted molar refractivity (Wildman–Crippen MR) is 96.1 cm³/mol. The van der Waals surface area contributed by atoms with E-state index in [1.165, 1.54) is 6.42 Å². The van der Waals surface area contributed by atoms with Crippen LogP contribution in [0.25, 0.3) is 0 Å². The molecule has 4 rings (SSSR count). The molecule has 1 aromatic carbocycles. The minimum atomic E-state index is -1.07. The molecular formula is C20H25NO6. The molecule has 3 aliphatic rings. The Balaban J connectivity index is 1.48. The first kappa shape index (κ1) is 18.1. The Morgan fingerprint density at radius 1 is 1.30 bits per heavy atom. The average Bonchev–Trinajstić information content (AvgIpc) is 3.02. The van der Waals surface area contributed by atoms with Crippen LogP contribution in [0, 0.1) is 11.3 Å². The van der Waals surface area contributed by atoms with E-state index in [-0.39, 0.29) is 17.4 Å². The number of carboxylic acids is 1. The van der Waals surface area contributed by atoms with Gasteiger partial charge in [0.1, 0.15) is 0 Å². The summed E-state index contributed by atoms with van der Waals surface area (Å²) in [4.78, 5) is 23.6. The van der Waals surface area contributed by atoms with Crippen molar-refractivity contribution in [2.24, 2.45) is 11.3 Å². The summed E-state index contributed by atoms with van der Waals surface area (Å²) >= 11 is 0. The molecule has 3 unspecified atom stereocenters. The van der Waals surface area contributed by atoms with Gasteiger partial charge in [-0.15, -0.1) is 0 Å². The maximum absolute atomic E-state index is 12.9. The zero-order valence-electron chi connectivity index (χ0n) is 15.4. The summed E-state index contributed by atoms with van der Waals surface area (Å²) in [5, 5.41) is 12.0. The third kappa shape index (κ3) is 3.04. The fourth-order valence-corrected chi connectivity index (χ4v) is 4.86. The topological polar surface area (TPSA) is 94.1 Å². The van der Waals surface area contributed by atoms with E-state index in [0.29, 0.717) is 35.7 Å². The number of rotatable bonds is 7. The Bertz CT molecular complexity index is 744. The molecular weight excluding hydrogens is 350 g/mol. The van der Waals surface area contributed by atoms with Crippen molar-refractivity contribution in [1.82, 2.24) is 5.32 Å².